The average Bonchev–Trinajstić information content (AvgIpc) is 2.48. The second-order valence-corrected chi connectivity index (χ2v) is 7.78. The Kier molecular flexibility index (Phi) is 5.57. The molecule has 8 heteroatoms. The van der Waals surface area contributed by atoms with Gasteiger partial charge >= 0.3 is 6.18 Å². The van der Waals surface area contributed by atoms with Gasteiger partial charge in [0, 0.05) is 18.6 Å². The fraction of sp³-hybridized carbons (Fsp3) is 0.250. The Hall–Kier alpha value is -1.57. The van der Waals surface area contributed by atoms with E-state index in [0.717, 1.165) is 16.4 Å². The molecule has 2 rings (SSSR count). The molecule has 0 aliphatic heterocycles. The zero-order chi connectivity index (χ0) is 18.0. The smallest absolute Gasteiger partial charge is 0.212 e. The highest BCUT2D eigenvalue weighted by molar-refractivity contribution is 7.88. The average molecular weight is 378 g/mol. The quantitative estimate of drug-likeness (QED) is 0.778. The largest absolute Gasteiger partial charge is 0.416 e. The third-order valence-corrected chi connectivity index (χ3v) is 5.57. The number of hydrogen-bond donors (Lipinski definition) is 0. The Morgan fingerprint density at radius 2 is 1.75 bits per heavy atom. The lowest BCUT2D eigenvalue weighted by atomic mass is 10.1. The van der Waals surface area contributed by atoms with Gasteiger partial charge in [0.2, 0.25) is 10.0 Å². The minimum absolute atomic E-state index is 0.0426. The first-order chi connectivity index (χ1) is 11.1. The van der Waals surface area contributed by atoms with Gasteiger partial charge in [-0.15, -0.1) is 0 Å². The topological polar surface area (TPSA) is 37.4 Å². The van der Waals surface area contributed by atoms with E-state index in [1.54, 1.807) is 24.3 Å². The lowest BCUT2D eigenvalue weighted by Crippen LogP contribution is -2.28. The van der Waals surface area contributed by atoms with Crippen LogP contribution in [-0.4, -0.2) is 19.8 Å². The molecular weight excluding hydrogens is 363 g/mol. The molecule has 0 radical (unpaired) electrons. The Morgan fingerprint density at radius 1 is 1.08 bits per heavy atom. The highest BCUT2D eigenvalue weighted by atomic mass is 35.5. The minimum Gasteiger partial charge on any atom is -0.212 e. The molecule has 2 aromatic carbocycles. The summed E-state index contributed by atoms with van der Waals surface area (Å²) < 4.78 is 64.0. The SMILES string of the molecule is CN(Cc1ccccc1Cl)S(=O)(=O)Cc1cccc(C(F)(F)F)c1. The first kappa shape index (κ1) is 18.8. The Balaban J connectivity index is 2.18. The van der Waals surface area contributed by atoms with E-state index < -0.39 is 27.5 Å². The van der Waals surface area contributed by atoms with E-state index in [-0.39, 0.29) is 12.1 Å². The summed E-state index contributed by atoms with van der Waals surface area (Å²) in [6.07, 6.45) is -4.51. The Labute approximate surface area is 143 Å². The number of sulfonamides is 1. The molecular formula is C16H15ClF3NO2S. The van der Waals surface area contributed by atoms with Crippen LogP contribution < -0.4 is 0 Å². The predicted octanol–water partition coefficient (Wildman–Crippen LogP) is 4.32. The van der Waals surface area contributed by atoms with E-state index in [1.807, 2.05) is 0 Å². The molecule has 0 saturated carbocycles. The van der Waals surface area contributed by atoms with E-state index in [0.29, 0.717) is 10.6 Å². The molecule has 130 valence electrons. The summed E-state index contributed by atoms with van der Waals surface area (Å²) in [5.41, 5.74) is -0.172. The van der Waals surface area contributed by atoms with Crippen molar-refractivity contribution in [1.82, 2.24) is 4.31 Å². The van der Waals surface area contributed by atoms with Gasteiger partial charge in [-0.25, -0.2) is 12.7 Å². The van der Waals surface area contributed by atoms with E-state index in [2.05, 4.69) is 0 Å². The van der Waals surface area contributed by atoms with Gasteiger partial charge in [0.15, 0.2) is 0 Å². The van der Waals surface area contributed by atoms with Gasteiger partial charge in [-0.1, -0.05) is 48.0 Å². The molecule has 0 aromatic heterocycles. The predicted molar refractivity (Wildman–Crippen MR) is 87.0 cm³/mol. The second kappa shape index (κ2) is 7.13. The lowest BCUT2D eigenvalue weighted by molar-refractivity contribution is -0.137. The summed E-state index contributed by atoms with van der Waals surface area (Å²) in [6.45, 7) is 0.0426. The summed E-state index contributed by atoms with van der Waals surface area (Å²) in [5.74, 6) is -0.516. The van der Waals surface area contributed by atoms with Crippen molar-refractivity contribution in [2.45, 2.75) is 18.5 Å². The van der Waals surface area contributed by atoms with Crippen LogP contribution in [-0.2, 0) is 28.5 Å². The fourth-order valence-corrected chi connectivity index (χ4v) is 3.48. The Morgan fingerprint density at radius 3 is 2.38 bits per heavy atom. The molecule has 0 N–H and O–H groups in total. The molecule has 2 aromatic rings. The highest BCUT2D eigenvalue weighted by Gasteiger charge is 2.31. The van der Waals surface area contributed by atoms with E-state index >= 15 is 0 Å². The molecule has 0 atom stereocenters. The molecule has 0 bridgehead atoms. The summed E-state index contributed by atoms with van der Waals surface area (Å²) in [6, 6.07) is 11.1. The van der Waals surface area contributed by atoms with Crippen LogP contribution in [0.1, 0.15) is 16.7 Å². The van der Waals surface area contributed by atoms with Gasteiger partial charge in [0.1, 0.15) is 0 Å². The van der Waals surface area contributed by atoms with Crippen LogP contribution in [0.4, 0.5) is 13.2 Å². The molecule has 0 heterocycles. The minimum atomic E-state index is -4.51. The normalized spacial score (nSPS) is 12.6. The van der Waals surface area contributed by atoms with Gasteiger partial charge in [0.05, 0.1) is 11.3 Å². The first-order valence-corrected chi connectivity index (χ1v) is 8.92. The monoisotopic (exact) mass is 377 g/mol. The van der Waals surface area contributed by atoms with E-state index in [9.17, 15) is 21.6 Å². The van der Waals surface area contributed by atoms with Crippen molar-refractivity contribution < 1.29 is 21.6 Å². The van der Waals surface area contributed by atoms with Gasteiger partial charge < -0.3 is 0 Å². The van der Waals surface area contributed by atoms with Crippen LogP contribution in [0.3, 0.4) is 0 Å². The third kappa shape index (κ3) is 4.72. The number of rotatable bonds is 5. The third-order valence-electron chi connectivity index (χ3n) is 3.43. The molecule has 0 fully saturated rings. The Bertz CT molecular complexity index is 822. The summed E-state index contributed by atoms with van der Waals surface area (Å²) in [7, 11) is -2.42. The van der Waals surface area contributed by atoms with Crippen molar-refractivity contribution in [3.63, 3.8) is 0 Å². The van der Waals surface area contributed by atoms with Gasteiger partial charge in [0.25, 0.3) is 0 Å². The van der Waals surface area contributed by atoms with Crippen LogP contribution in [0.25, 0.3) is 0 Å². The second-order valence-electron chi connectivity index (χ2n) is 5.30. The summed E-state index contributed by atoms with van der Waals surface area (Å²) in [5, 5.41) is 0.429. The van der Waals surface area contributed by atoms with Crippen molar-refractivity contribution >= 4 is 21.6 Å². The number of hydrogen-bond acceptors (Lipinski definition) is 2. The molecule has 0 spiro atoms. The molecule has 0 saturated heterocycles. The van der Waals surface area contributed by atoms with Crippen molar-refractivity contribution in [3.05, 3.63) is 70.2 Å². The first-order valence-electron chi connectivity index (χ1n) is 6.93. The van der Waals surface area contributed by atoms with Crippen LogP contribution in [0, 0.1) is 0 Å². The summed E-state index contributed by atoms with van der Waals surface area (Å²) in [4.78, 5) is 0. The van der Waals surface area contributed by atoms with E-state index in [1.165, 1.54) is 19.2 Å². The molecule has 0 unspecified atom stereocenters. The zero-order valence-electron chi connectivity index (χ0n) is 12.7. The maximum absolute atomic E-state index is 12.7. The standard InChI is InChI=1S/C16H15ClF3NO2S/c1-21(10-13-6-2-3-8-15(13)17)24(22,23)11-12-5-4-7-14(9-12)16(18,19)20/h2-9H,10-11H2,1H3. The van der Waals surface area contributed by atoms with Gasteiger partial charge in [-0.3, -0.25) is 0 Å². The zero-order valence-corrected chi connectivity index (χ0v) is 14.3. The molecule has 0 aliphatic rings. The molecule has 24 heavy (non-hydrogen) atoms. The van der Waals surface area contributed by atoms with Crippen molar-refractivity contribution in [2.24, 2.45) is 0 Å². The highest BCUT2D eigenvalue weighted by Crippen LogP contribution is 2.30. The lowest BCUT2D eigenvalue weighted by Gasteiger charge is -2.18. The maximum atomic E-state index is 12.7. The number of benzene rings is 2. The van der Waals surface area contributed by atoms with E-state index in [4.69, 9.17) is 11.6 Å². The van der Waals surface area contributed by atoms with Gasteiger partial charge in [-0.2, -0.15) is 13.2 Å². The van der Waals surface area contributed by atoms with Gasteiger partial charge in [-0.05, 0) is 23.3 Å². The number of alkyl halides is 3. The fourth-order valence-electron chi connectivity index (χ4n) is 2.12. The van der Waals surface area contributed by atoms with Crippen LogP contribution in [0.15, 0.2) is 48.5 Å². The number of halogens is 4. The van der Waals surface area contributed by atoms with Crippen LogP contribution in [0.2, 0.25) is 5.02 Å². The molecule has 0 amide bonds. The summed E-state index contributed by atoms with van der Waals surface area (Å²) >= 11 is 6.00. The van der Waals surface area contributed by atoms with Crippen molar-refractivity contribution in [1.29, 1.82) is 0 Å². The maximum Gasteiger partial charge on any atom is 0.416 e. The van der Waals surface area contributed by atoms with Crippen LogP contribution >= 0.6 is 11.6 Å². The van der Waals surface area contributed by atoms with Crippen molar-refractivity contribution in [2.75, 3.05) is 7.05 Å². The number of nitrogens with zero attached hydrogens (tertiary/aromatic N) is 1. The molecule has 0 aliphatic carbocycles. The van der Waals surface area contributed by atoms with Crippen LogP contribution in [0.5, 0.6) is 0 Å². The van der Waals surface area contributed by atoms with Crippen molar-refractivity contribution in [3.8, 4) is 0 Å². The molecule has 3 nitrogen and oxygen atoms in total.